The first-order valence-corrected chi connectivity index (χ1v) is 11.8. The van der Waals surface area contributed by atoms with Crippen molar-refractivity contribution >= 4 is 11.4 Å². The number of unbranched alkanes of at least 4 members (excludes halogenated alkanes) is 1. The zero-order valence-electron chi connectivity index (χ0n) is 20.8. The number of imidazole rings is 1. The quantitative estimate of drug-likeness (QED) is 0.341. The number of aryl methyl sites for hydroxylation is 2. The van der Waals surface area contributed by atoms with Gasteiger partial charge in [0.1, 0.15) is 23.4 Å². The maximum atomic E-state index is 14.3. The minimum atomic E-state index is -0.983. The van der Waals surface area contributed by atoms with Crippen LogP contribution in [0.1, 0.15) is 86.8 Å². The van der Waals surface area contributed by atoms with E-state index in [0.29, 0.717) is 22.8 Å². The summed E-state index contributed by atoms with van der Waals surface area (Å²) in [7, 11) is 0. The summed E-state index contributed by atoms with van der Waals surface area (Å²) < 4.78 is 36.2. The number of pyridine rings is 1. The molecule has 2 aromatic heterocycles. The third-order valence-corrected chi connectivity index (χ3v) is 6.31. The third kappa shape index (κ3) is 5.46. The first kappa shape index (κ1) is 25.8. The minimum absolute atomic E-state index is 0.113. The molecule has 3 rings (SSSR count). The van der Waals surface area contributed by atoms with E-state index in [0.717, 1.165) is 24.8 Å². The Balaban J connectivity index is 1.99. The van der Waals surface area contributed by atoms with Gasteiger partial charge < -0.3 is 9.84 Å². The first-order valence-electron chi connectivity index (χ1n) is 11.8. The van der Waals surface area contributed by atoms with Gasteiger partial charge in [0.05, 0.1) is 16.9 Å². The topological polar surface area (TPSA) is 63.8 Å². The summed E-state index contributed by atoms with van der Waals surface area (Å²) in [5.74, 6) is -1.33. The fraction of sp³-hybridized carbons (Fsp3) is 0.481. The molecular formula is C27H34F2N2O3. The number of aliphatic hydroxyl groups is 1. The zero-order valence-corrected chi connectivity index (χ0v) is 20.8. The lowest BCUT2D eigenvalue weighted by molar-refractivity contribution is 0.00923. The van der Waals surface area contributed by atoms with Crippen molar-refractivity contribution in [1.82, 2.24) is 9.38 Å². The third-order valence-electron chi connectivity index (χ3n) is 6.31. The summed E-state index contributed by atoms with van der Waals surface area (Å²) in [4.78, 5) is 18.0. The van der Waals surface area contributed by atoms with E-state index < -0.39 is 23.3 Å². The second-order valence-electron chi connectivity index (χ2n) is 9.64. The molecule has 0 saturated carbocycles. The van der Waals surface area contributed by atoms with E-state index in [2.05, 4.69) is 11.9 Å². The molecule has 0 aliphatic carbocycles. The monoisotopic (exact) mass is 472 g/mol. The van der Waals surface area contributed by atoms with Crippen molar-refractivity contribution in [3.8, 4) is 5.75 Å². The number of Topliss-reactive ketones (excluding diaryl/α,β-unsaturated/α-hetero) is 1. The molecule has 0 amide bonds. The highest BCUT2D eigenvalue weighted by Gasteiger charge is 2.31. The van der Waals surface area contributed by atoms with Gasteiger partial charge in [-0.1, -0.05) is 25.8 Å². The first-order chi connectivity index (χ1) is 15.9. The van der Waals surface area contributed by atoms with Gasteiger partial charge in [0.25, 0.3) is 0 Å². The van der Waals surface area contributed by atoms with Crippen LogP contribution in [0.15, 0.2) is 30.5 Å². The summed E-state index contributed by atoms with van der Waals surface area (Å²) in [5, 5.41) is 10.6. The molecule has 7 heteroatoms. The van der Waals surface area contributed by atoms with E-state index in [1.807, 2.05) is 6.92 Å². The van der Waals surface area contributed by atoms with Crippen molar-refractivity contribution in [3.05, 3.63) is 64.6 Å². The second-order valence-corrected chi connectivity index (χ2v) is 9.64. The Morgan fingerprint density at radius 1 is 1.24 bits per heavy atom. The summed E-state index contributed by atoms with van der Waals surface area (Å²) in [6.45, 7) is 10.7. The maximum absolute atomic E-state index is 14.3. The lowest BCUT2D eigenvalue weighted by atomic mass is 9.82. The van der Waals surface area contributed by atoms with Crippen LogP contribution in [0.2, 0.25) is 0 Å². The highest BCUT2D eigenvalue weighted by molar-refractivity contribution is 5.97. The van der Waals surface area contributed by atoms with Gasteiger partial charge in [0.2, 0.25) is 0 Å². The number of rotatable bonds is 10. The SMILES string of the molecule is CCCCC(CC(=O)c1c(C)nc2c(OC(C)c3c(F)cccc3F)cc(C)cn12)C(C)(C)O. The smallest absolute Gasteiger partial charge is 0.181 e. The number of ether oxygens (including phenoxy) is 1. The van der Waals surface area contributed by atoms with Crippen LogP contribution in [0.3, 0.4) is 0 Å². The fourth-order valence-electron chi connectivity index (χ4n) is 4.40. The number of aromatic nitrogens is 2. The number of fused-ring (bicyclic) bond motifs is 1. The normalized spacial score (nSPS) is 13.8. The Morgan fingerprint density at radius 3 is 2.47 bits per heavy atom. The van der Waals surface area contributed by atoms with Crippen molar-refractivity contribution in [1.29, 1.82) is 0 Å². The van der Waals surface area contributed by atoms with Gasteiger partial charge in [0, 0.05) is 12.6 Å². The van der Waals surface area contributed by atoms with E-state index in [1.165, 1.54) is 18.2 Å². The van der Waals surface area contributed by atoms with Crippen LogP contribution in [-0.4, -0.2) is 25.9 Å². The van der Waals surface area contributed by atoms with Gasteiger partial charge in [-0.3, -0.25) is 9.20 Å². The molecule has 3 aromatic rings. The lowest BCUT2D eigenvalue weighted by Gasteiger charge is -2.29. The molecule has 2 atom stereocenters. The van der Waals surface area contributed by atoms with Crippen molar-refractivity contribution in [3.63, 3.8) is 0 Å². The number of halogens is 2. The van der Waals surface area contributed by atoms with Crippen LogP contribution >= 0.6 is 0 Å². The molecule has 5 nitrogen and oxygen atoms in total. The molecule has 0 saturated heterocycles. The molecule has 0 fully saturated rings. The highest BCUT2D eigenvalue weighted by atomic mass is 19.1. The second kappa shape index (κ2) is 10.2. The number of hydrogen-bond acceptors (Lipinski definition) is 4. The molecule has 0 spiro atoms. The molecule has 0 aliphatic rings. The molecule has 184 valence electrons. The average molecular weight is 473 g/mol. The predicted octanol–water partition coefficient (Wildman–Crippen LogP) is 6.52. The van der Waals surface area contributed by atoms with Crippen LogP contribution < -0.4 is 4.74 Å². The van der Waals surface area contributed by atoms with Gasteiger partial charge in [-0.15, -0.1) is 0 Å². The largest absolute Gasteiger partial charge is 0.482 e. The van der Waals surface area contributed by atoms with E-state index in [9.17, 15) is 18.7 Å². The number of carbonyl (C=O) groups excluding carboxylic acids is 1. The van der Waals surface area contributed by atoms with Crippen molar-refractivity contribution < 1.29 is 23.4 Å². The zero-order chi connectivity index (χ0) is 25.2. The van der Waals surface area contributed by atoms with Gasteiger partial charge in [-0.25, -0.2) is 13.8 Å². The molecule has 1 aromatic carbocycles. The molecule has 0 aliphatic heterocycles. The molecule has 2 heterocycles. The average Bonchev–Trinajstić information content (AvgIpc) is 3.06. The van der Waals surface area contributed by atoms with E-state index >= 15 is 0 Å². The standard InChI is InChI=1S/C27H34F2N2O3/c1-7-8-10-19(27(5,6)33)14-22(32)25-17(3)30-26-23(13-16(2)15-31(25)26)34-18(4)24-20(28)11-9-12-21(24)29/h9,11-13,15,18-19,33H,7-8,10,14H2,1-6H3. The predicted molar refractivity (Wildman–Crippen MR) is 128 cm³/mol. The van der Waals surface area contributed by atoms with Crippen molar-refractivity contribution in [2.45, 2.75) is 78.9 Å². The van der Waals surface area contributed by atoms with E-state index in [-0.39, 0.29) is 23.7 Å². The molecular weight excluding hydrogens is 438 g/mol. The van der Waals surface area contributed by atoms with Crippen LogP contribution in [0.25, 0.3) is 5.65 Å². The Bertz CT molecular complexity index is 1160. The van der Waals surface area contributed by atoms with Crippen molar-refractivity contribution in [2.75, 3.05) is 0 Å². The highest BCUT2D eigenvalue weighted by Crippen LogP contribution is 2.32. The molecule has 1 N–H and O–H groups in total. The summed E-state index contributed by atoms with van der Waals surface area (Å²) in [6.07, 6.45) is 3.75. The number of benzene rings is 1. The Morgan fingerprint density at radius 2 is 1.88 bits per heavy atom. The summed E-state index contributed by atoms with van der Waals surface area (Å²) in [5.41, 5.74) is 1.03. The van der Waals surface area contributed by atoms with Crippen LogP contribution in [0, 0.1) is 31.4 Å². The molecule has 0 bridgehead atoms. The van der Waals surface area contributed by atoms with Crippen LogP contribution in [0.4, 0.5) is 8.78 Å². The Labute approximate surface area is 199 Å². The fourth-order valence-corrected chi connectivity index (χ4v) is 4.40. The Hall–Kier alpha value is -2.80. The number of carbonyl (C=O) groups is 1. The van der Waals surface area contributed by atoms with Crippen LogP contribution in [-0.2, 0) is 0 Å². The van der Waals surface area contributed by atoms with Gasteiger partial charge in [-0.05, 0) is 70.7 Å². The number of ketones is 1. The van der Waals surface area contributed by atoms with Gasteiger partial charge in [0.15, 0.2) is 17.2 Å². The van der Waals surface area contributed by atoms with Crippen LogP contribution in [0.5, 0.6) is 5.75 Å². The van der Waals surface area contributed by atoms with E-state index in [1.54, 1.807) is 44.4 Å². The van der Waals surface area contributed by atoms with E-state index in [4.69, 9.17) is 4.74 Å². The molecule has 2 unspecified atom stereocenters. The van der Waals surface area contributed by atoms with Crippen molar-refractivity contribution in [2.24, 2.45) is 5.92 Å². The number of hydrogen-bond donors (Lipinski definition) is 1. The Kier molecular flexibility index (Phi) is 7.76. The summed E-state index contributed by atoms with van der Waals surface area (Å²) in [6, 6.07) is 5.44. The lowest BCUT2D eigenvalue weighted by Crippen LogP contribution is -2.33. The molecule has 0 radical (unpaired) electrons. The summed E-state index contributed by atoms with van der Waals surface area (Å²) >= 11 is 0. The molecule has 34 heavy (non-hydrogen) atoms. The number of nitrogens with zero attached hydrogens (tertiary/aromatic N) is 2. The maximum Gasteiger partial charge on any atom is 0.181 e. The van der Waals surface area contributed by atoms with Gasteiger partial charge in [-0.2, -0.15) is 0 Å². The van der Waals surface area contributed by atoms with Gasteiger partial charge >= 0.3 is 0 Å². The minimum Gasteiger partial charge on any atom is -0.482 e.